The molecule has 0 atom stereocenters. The maximum absolute atomic E-state index is 13.4. The number of fused-ring (bicyclic) bond motifs is 1. The van der Waals surface area contributed by atoms with Crippen LogP contribution in [0.5, 0.6) is 17.2 Å². The van der Waals surface area contributed by atoms with Gasteiger partial charge in [-0.3, -0.25) is 4.79 Å². The van der Waals surface area contributed by atoms with Crippen LogP contribution in [-0.2, 0) is 0 Å². The van der Waals surface area contributed by atoms with Gasteiger partial charge in [-0.1, -0.05) is 29.8 Å². The molecular weight excluding hydrogens is 480 g/mol. The maximum Gasteiger partial charge on any atom is 0.340 e. The van der Waals surface area contributed by atoms with E-state index in [1.165, 1.54) is 28.9 Å². The van der Waals surface area contributed by atoms with Gasteiger partial charge in [-0.25, -0.2) is 18.3 Å². The summed E-state index contributed by atoms with van der Waals surface area (Å²) < 4.78 is 63.6. The second-order valence-electron chi connectivity index (χ2n) is 6.96. The van der Waals surface area contributed by atoms with Crippen molar-refractivity contribution in [2.75, 3.05) is 11.9 Å². The lowest BCUT2D eigenvalue weighted by molar-refractivity contribution is -0.148. The van der Waals surface area contributed by atoms with Crippen LogP contribution in [0.1, 0.15) is 10.5 Å². The lowest BCUT2D eigenvalue weighted by Crippen LogP contribution is -2.33. The summed E-state index contributed by atoms with van der Waals surface area (Å²) >= 11 is 6.21. The van der Waals surface area contributed by atoms with E-state index in [2.05, 4.69) is 15.4 Å². The van der Waals surface area contributed by atoms with Gasteiger partial charge < -0.3 is 14.8 Å². The van der Waals surface area contributed by atoms with Crippen molar-refractivity contribution in [3.05, 3.63) is 77.7 Å². The second kappa shape index (κ2) is 9.56. The summed E-state index contributed by atoms with van der Waals surface area (Å²) in [5.41, 5.74) is 0.185. The number of nitrogens with zero attached hydrogens (tertiary/aromatic N) is 3. The van der Waals surface area contributed by atoms with E-state index < -0.39 is 24.9 Å². The number of aromatic nitrogens is 3. The van der Waals surface area contributed by atoms with Gasteiger partial charge in [-0.2, -0.15) is 13.9 Å². The number of rotatable bonds is 8. The molecule has 0 aliphatic rings. The smallest absolute Gasteiger partial charge is 0.340 e. The van der Waals surface area contributed by atoms with E-state index in [-0.39, 0.29) is 33.6 Å². The van der Waals surface area contributed by atoms with E-state index in [0.29, 0.717) is 5.75 Å². The second-order valence-corrected chi connectivity index (χ2v) is 7.34. The molecule has 0 aliphatic carbocycles. The highest BCUT2D eigenvalue weighted by Crippen LogP contribution is 2.32. The molecule has 0 unspecified atom stereocenters. The van der Waals surface area contributed by atoms with Crippen molar-refractivity contribution < 1.29 is 31.8 Å². The summed E-state index contributed by atoms with van der Waals surface area (Å²) in [6, 6.07) is 13.9. The molecule has 0 aliphatic heterocycles. The van der Waals surface area contributed by atoms with E-state index in [1.807, 2.05) is 0 Å². The Morgan fingerprint density at radius 3 is 2.53 bits per heavy atom. The normalized spacial score (nSPS) is 11.6. The predicted molar refractivity (Wildman–Crippen MR) is 115 cm³/mol. The molecular formula is C22H15ClF4N4O3. The van der Waals surface area contributed by atoms with E-state index >= 15 is 0 Å². The van der Waals surface area contributed by atoms with Crippen LogP contribution in [0, 0.1) is 0 Å². The molecule has 0 saturated carbocycles. The molecule has 4 aromatic rings. The summed E-state index contributed by atoms with van der Waals surface area (Å²) in [5.74, 6) is -4.81. The molecule has 0 radical (unpaired) electrons. The third-order valence-electron chi connectivity index (χ3n) is 4.42. The molecule has 4 rings (SSSR count). The first-order chi connectivity index (χ1) is 16.2. The fourth-order valence-corrected chi connectivity index (χ4v) is 3.11. The van der Waals surface area contributed by atoms with Gasteiger partial charge in [-0.05, 0) is 18.2 Å². The number of nitrogens with one attached hydrogen (secondary N) is 1. The van der Waals surface area contributed by atoms with Crippen LogP contribution in [-0.4, -0.2) is 39.5 Å². The number of alkyl halides is 4. The molecule has 176 valence electrons. The van der Waals surface area contributed by atoms with Gasteiger partial charge in [0.05, 0.1) is 0 Å². The van der Waals surface area contributed by atoms with Gasteiger partial charge in [0, 0.05) is 36.3 Å². The average molecular weight is 495 g/mol. The number of halogens is 5. The van der Waals surface area contributed by atoms with Gasteiger partial charge in [0.1, 0.15) is 22.3 Å². The van der Waals surface area contributed by atoms with Crippen molar-refractivity contribution in [2.45, 2.75) is 12.3 Å². The van der Waals surface area contributed by atoms with E-state index in [4.69, 9.17) is 21.1 Å². The van der Waals surface area contributed by atoms with E-state index in [9.17, 15) is 22.4 Å². The number of amides is 1. The summed E-state index contributed by atoms with van der Waals surface area (Å²) in [6.45, 7) is -1.57. The Morgan fingerprint density at radius 2 is 1.82 bits per heavy atom. The van der Waals surface area contributed by atoms with Crippen LogP contribution in [0.4, 0.5) is 23.2 Å². The summed E-state index contributed by atoms with van der Waals surface area (Å²) in [4.78, 5) is 16.8. The number of carbonyl (C=O) groups is 1. The van der Waals surface area contributed by atoms with Crippen molar-refractivity contribution >= 4 is 28.8 Å². The zero-order valence-electron chi connectivity index (χ0n) is 17.1. The highest BCUT2D eigenvalue weighted by Gasteiger charge is 2.41. The Labute approximate surface area is 194 Å². The van der Waals surface area contributed by atoms with Crippen molar-refractivity contribution in [2.24, 2.45) is 0 Å². The zero-order valence-corrected chi connectivity index (χ0v) is 17.8. The number of ether oxygens (including phenoxy) is 2. The SMILES string of the molecule is O=C(Nc1cc(OCC(F)(F)C(F)F)cc(Oc2ccccc2)c1)c1nn2cccnc2c1Cl. The summed E-state index contributed by atoms with van der Waals surface area (Å²) in [7, 11) is 0. The number of carbonyl (C=O) groups excluding carboxylic acids is 1. The van der Waals surface area contributed by atoms with Crippen LogP contribution < -0.4 is 14.8 Å². The Morgan fingerprint density at radius 1 is 1.09 bits per heavy atom. The number of anilines is 1. The maximum atomic E-state index is 13.4. The van der Waals surface area contributed by atoms with Gasteiger partial charge in [0.15, 0.2) is 17.9 Å². The summed E-state index contributed by atoms with van der Waals surface area (Å²) in [5, 5.41) is 6.60. The first kappa shape index (κ1) is 23.3. The largest absolute Gasteiger partial charge is 0.487 e. The standard InChI is InChI=1S/C22H15ClF4N4O3/c23-17-18(30-31-8-4-7-28-19(17)31)20(32)29-13-9-15(33-12-22(26,27)21(24)25)11-16(10-13)34-14-5-2-1-3-6-14/h1-11,21H,12H2,(H,29,32). The molecule has 0 spiro atoms. The van der Waals surface area contributed by atoms with Crippen molar-refractivity contribution in [1.29, 1.82) is 0 Å². The van der Waals surface area contributed by atoms with Crippen LogP contribution >= 0.6 is 11.6 Å². The Balaban J connectivity index is 1.62. The van der Waals surface area contributed by atoms with Crippen molar-refractivity contribution in [1.82, 2.24) is 14.6 Å². The Kier molecular flexibility index (Phi) is 6.55. The predicted octanol–water partition coefficient (Wildman–Crippen LogP) is 5.71. The highest BCUT2D eigenvalue weighted by molar-refractivity contribution is 6.37. The summed E-state index contributed by atoms with van der Waals surface area (Å²) in [6.07, 6.45) is -0.872. The molecule has 34 heavy (non-hydrogen) atoms. The van der Waals surface area contributed by atoms with E-state index in [1.54, 1.807) is 42.6 Å². The van der Waals surface area contributed by atoms with Crippen LogP contribution in [0.2, 0.25) is 5.02 Å². The molecule has 2 aromatic heterocycles. The molecule has 0 bridgehead atoms. The van der Waals surface area contributed by atoms with Crippen molar-refractivity contribution in [3.63, 3.8) is 0 Å². The minimum absolute atomic E-state index is 0.00263. The molecule has 2 aromatic carbocycles. The fourth-order valence-electron chi connectivity index (χ4n) is 2.85. The Bertz CT molecular complexity index is 1320. The highest BCUT2D eigenvalue weighted by atomic mass is 35.5. The number of hydrogen-bond acceptors (Lipinski definition) is 5. The van der Waals surface area contributed by atoms with Crippen LogP contribution in [0.15, 0.2) is 67.0 Å². The molecule has 0 saturated heterocycles. The zero-order chi connectivity index (χ0) is 24.3. The topological polar surface area (TPSA) is 77.8 Å². The van der Waals surface area contributed by atoms with Crippen LogP contribution in [0.25, 0.3) is 5.65 Å². The molecule has 0 fully saturated rings. The molecule has 2 heterocycles. The minimum Gasteiger partial charge on any atom is -0.487 e. The van der Waals surface area contributed by atoms with E-state index in [0.717, 1.165) is 0 Å². The Hall–Kier alpha value is -3.86. The number of hydrogen-bond donors (Lipinski definition) is 1. The molecule has 12 heteroatoms. The van der Waals surface area contributed by atoms with Gasteiger partial charge >= 0.3 is 12.3 Å². The fraction of sp³-hybridized carbons (Fsp3) is 0.136. The third kappa shape index (κ3) is 5.20. The van der Waals surface area contributed by atoms with Crippen molar-refractivity contribution in [3.8, 4) is 17.2 Å². The lowest BCUT2D eigenvalue weighted by atomic mass is 10.2. The average Bonchev–Trinajstić information content (AvgIpc) is 3.15. The first-order valence-electron chi connectivity index (χ1n) is 9.70. The monoisotopic (exact) mass is 494 g/mol. The number of benzene rings is 2. The van der Waals surface area contributed by atoms with Gasteiger partial charge in [0.2, 0.25) is 0 Å². The minimum atomic E-state index is -4.36. The quantitative estimate of drug-likeness (QED) is 0.318. The van der Waals surface area contributed by atoms with Gasteiger partial charge in [0.25, 0.3) is 5.91 Å². The van der Waals surface area contributed by atoms with Gasteiger partial charge in [-0.15, -0.1) is 0 Å². The number of para-hydroxylation sites is 1. The molecule has 7 nitrogen and oxygen atoms in total. The molecule has 1 N–H and O–H groups in total. The lowest BCUT2D eigenvalue weighted by Gasteiger charge is -2.17. The van der Waals surface area contributed by atoms with Crippen LogP contribution in [0.3, 0.4) is 0 Å². The third-order valence-corrected chi connectivity index (χ3v) is 4.77. The molecule has 1 amide bonds. The first-order valence-corrected chi connectivity index (χ1v) is 10.1.